The van der Waals surface area contributed by atoms with Gasteiger partial charge in [0, 0.05) is 0 Å². The van der Waals surface area contributed by atoms with Crippen molar-refractivity contribution >= 4 is 5.97 Å². The Bertz CT molecular complexity index is 370. The molecule has 0 bridgehead atoms. The number of carbonyl (C=O) groups is 1. The van der Waals surface area contributed by atoms with Gasteiger partial charge in [-0.05, 0) is 43.7 Å². The molecule has 1 atom stereocenters. The van der Waals surface area contributed by atoms with Gasteiger partial charge in [-0.2, -0.15) is 0 Å². The summed E-state index contributed by atoms with van der Waals surface area (Å²) in [6.45, 7) is 6.57. The molecule has 0 spiro atoms. The normalized spacial score (nSPS) is 12.2. The second-order valence-electron chi connectivity index (χ2n) is 4.08. The fourth-order valence-electron chi connectivity index (χ4n) is 1.66. The SMILES string of the molecule is CCNC(COc1cc(C)cc(C)c1)C(=O)O. The van der Waals surface area contributed by atoms with Crippen LogP contribution < -0.4 is 10.1 Å². The molecule has 4 heteroatoms. The van der Waals surface area contributed by atoms with Crippen molar-refractivity contribution in [2.45, 2.75) is 26.8 Å². The number of hydrogen-bond donors (Lipinski definition) is 2. The molecule has 0 aliphatic carbocycles. The highest BCUT2D eigenvalue weighted by Gasteiger charge is 2.16. The van der Waals surface area contributed by atoms with Crippen molar-refractivity contribution in [1.82, 2.24) is 5.32 Å². The van der Waals surface area contributed by atoms with Gasteiger partial charge in [-0.25, -0.2) is 0 Å². The number of hydrogen-bond acceptors (Lipinski definition) is 3. The van der Waals surface area contributed by atoms with Crippen LogP contribution in [0.4, 0.5) is 0 Å². The quantitative estimate of drug-likeness (QED) is 0.791. The second-order valence-corrected chi connectivity index (χ2v) is 4.08. The van der Waals surface area contributed by atoms with Crippen molar-refractivity contribution in [3.05, 3.63) is 29.3 Å². The molecule has 1 aromatic carbocycles. The van der Waals surface area contributed by atoms with E-state index in [-0.39, 0.29) is 6.61 Å². The molecule has 0 heterocycles. The number of aliphatic carboxylic acids is 1. The molecule has 0 aliphatic heterocycles. The Labute approximate surface area is 102 Å². The van der Waals surface area contributed by atoms with Crippen LogP contribution in [-0.2, 0) is 4.79 Å². The lowest BCUT2D eigenvalue weighted by atomic mass is 10.1. The molecule has 0 fully saturated rings. The monoisotopic (exact) mass is 237 g/mol. The lowest BCUT2D eigenvalue weighted by molar-refractivity contribution is -0.140. The van der Waals surface area contributed by atoms with Crippen molar-refractivity contribution in [2.75, 3.05) is 13.2 Å². The van der Waals surface area contributed by atoms with Gasteiger partial charge in [0.05, 0.1) is 0 Å². The predicted molar refractivity (Wildman–Crippen MR) is 66.5 cm³/mol. The van der Waals surface area contributed by atoms with Crippen LogP contribution in [0.5, 0.6) is 5.75 Å². The number of benzene rings is 1. The minimum absolute atomic E-state index is 0.131. The molecule has 0 saturated carbocycles. The summed E-state index contributed by atoms with van der Waals surface area (Å²) in [5.74, 6) is -0.178. The number of rotatable bonds is 6. The van der Waals surface area contributed by atoms with E-state index in [1.165, 1.54) is 0 Å². The Morgan fingerprint density at radius 1 is 1.35 bits per heavy atom. The fourth-order valence-corrected chi connectivity index (χ4v) is 1.66. The average molecular weight is 237 g/mol. The highest BCUT2D eigenvalue weighted by molar-refractivity contribution is 5.73. The minimum Gasteiger partial charge on any atom is -0.491 e. The molecule has 0 radical (unpaired) electrons. The van der Waals surface area contributed by atoms with E-state index in [1.54, 1.807) is 0 Å². The summed E-state index contributed by atoms with van der Waals surface area (Å²) in [5, 5.41) is 11.8. The topological polar surface area (TPSA) is 58.6 Å². The zero-order valence-corrected chi connectivity index (χ0v) is 10.5. The molecule has 1 rings (SSSR count). The van der Waals surface area contributed by atoms with Crippen LogP contribution in [-0.4, -0.2) is 30.3 Å². The van der Waals surface area contributed by atoms with Crippen LogP contribution in [0.1, 0.15) is 18.1 Å². The molecular weight excluding hydrogens is 218 g/mol. The van der Waals surface area contributed by atoms with Crippen molar-refractivity contribution in [3.8, 4) is 5.75 Å². The number of ether oxygens (including phenoxy) is 1. The van der Waals surface area contributed by atoms with E-state index in [9.17, 15) is 4.79 Å². The maximum absolute atomic E-state index is 10.9. The standard InChI is InChI=1S/C13H19NO3/c1-4-14-12(13(15)16)8-17-11-6-9(2)5-10(3)7-11/h5-7,12,14H,4,8H2,1-3H3,(H,15,16). The maximum Gasteiger partial charge on any atom is 0.324 e. The number of carboxylic acid groups (broad SMARTS) is 1. The first-order valence-corrected chi connectivity index (χ1v) is 5.70. The fraction of sp³-hybridized carbons (Fsp3) is 0.462. The zero-order valence-electron chi connectivity index (χ0n) is 10.5. The van der Waals surface area contributed by atoms with Crippen LogP contribution in [0.25, 0.3) is 0 Å². The molecule has 2 N–H and O–H groups in total. The molecule has 0 aromatic heterocycles. The summed E-state index contributed by atoms with van der Waals surface area (Å²) >= 11 is 0. The lowest BCUT2D eigenvalue weighted by Crippen LogP contribution is -2.41. The third-order valence-electron chi connectivity index (χ3n) is 2.36. The van der Waals surface area contributed by atoms with Crippen molar-refractivity contribution in [3.63, 3.8) is 0 Å². The number of carboxylic acids is 1. The van der Waals surface area contributed by atoms with Gasteiger partial charge in [0.15, 0.2) is 0 Å². The van der Waals surface area contributed by atoms with Crippen molar-refractivity contribution in [2.24, 2.45) is 0 Å². The summed E-state index contributed by atoms with van der Waals surface area (Å²) in [6, 6.07) is 5.18. The van der Waals surface area contributed by atoms with Gasteiger partial charge < -0.3 is 15.2 Å². The Balaban J connectivity index is 2.61. The Morgan fingerprint density at radius 2 is 1.94 bits per heavy atom. The molecule has 1 unspecified atom stereocenters. The van der Waals surface area contributed by atoms with Crippen LogP contribution >= 0.6 is 0 Å². The lowest BCUT2D eigenvalue weighted by Gasteiger charge is -2.14. The molecule has 0 aliphatic rings. The number of likely N-dealkylation sites (N-methyl/N-ethyl adjacent to an activating group) is 1. The van der Waals surface area contributed by atoms with Gasteiger partial charge in [-0.15, -0.1) is 0 Å². The van der Waals surface area contributed by atoms with Gasteiger partial charge in [-0.3, -0.25) is 4.79 Å². The highest BCUT2D eigenvalue weighted by atomic mass is 16.5. The molecule has 94 valence electrons. The van der Waals surface area contributed by atoms with Crippen LogP contribution in [0, 0.1) is 13.8 Å². The molecule has 0 amide bonds. The largest absolute Gasteiger partial charge is 0.491 e. The predicted octanol–water partition coefficient (Wildman–Crippen LogP) is 1.74. The van der Waals surface area contributed by atoms with Crippen molar-refractivity contribution in [1.29, 1.82) is 0 Å². The van der Waals surface area contributed by atoms with Gasteiger partial charge in [0.2, 0.25) is 0 Å². The van der Waals surface area contributed by atoms with Gasteiger partial charge >= 0.3 is 5.97 Å². The van der Waals surface area contributed by atoms with E-state index < -0.39 is 12.0 Å². The summed E-state index contributed by atoms with van der Waals surface area (Å²) in [5.41, 5.74) is 2.21. The summed E-state index contributed by atoms with van der Waals surface area (Å²) in [7, 11) is 0. The molecule has 4 nitrogen and oxygen atoms in total. The first kappa shape index (κ1) is 13.5. The summed E-state index contributed by atoms with van der Waals surface area (Å²) < 4.78 is 5.50. The van der Waals surface area contributed by atoms with Crippen molar-refractivity contribution < 1.29 is 14.6 Å². The van der Waals surface area contributed by atoms with E-state index in [2.05, 4.69) is 5.32 Å². The maximum atomic E-state index is 10.9. The van der Waals surface area contributed by atoms with E-state index in [4.69, 9.17) is 9.84 Å². The smallest absolute Gasteiger partial charge is 0.324 e. The first-order chi connectivity index (χ1) is 8.02. The first-order valence-electron chi connectivity index (χ1n) is 5.70. The van der Waals surface area contributed by atoms with Crippen LogP contribution in [0.2, 0.25) is 0 Å². The number of aryl methyl sites for hydroxylation is 2. The Morgan fingerprint density at radius 3 is 2.41 bits per heavy atom. The average Bonchev–Trinajstić information content (AvgIpc) is 2.22. The Hall–Kier alpha value is -1.55. The zero-order chi connectivity index (χ0) is 12.8. The van der Waals surface area contributed by atoms with E-state index >= 15 is 0 Å². The minimum atomic E-state index is -0.892. The molecule has 17 heavy (non-hydrogen) atoms. The van der Waals surface area contributed by atoms with Crippen LogP contribution in [0.3, 0.4) is 0 Å². The number of nitrogens with one attached hydrogen (secondary N) is 1. The van der Waals surface area contributed by atoms with E-state index in [0.29, 0.717) is 12.3 Å². The summed E-state index contributed by atoms with van der Waals surface area (Å²) in [4.78, 5) is 10.9. The van der Waals surface area contributed by atoms with Gasteiger partial charge in [-0.1, -0.05) is 13.0 Å². The van der Waals surface area contributed by atoms with Gasteiger partial charge in [0.25, 0.3) is 0 Å². The van der Waals surface area contributed by atoms with Crippen LogP contribution in [0.15, 0.2) is 18.2 Å². The Kier molecular flexibility index (Phi) is 4.97. The van der Waals surface area contributed by atoms with Gasteiger partial charge in [0.1, 0.15) is 18.4 Å². The summed E-state index contributed by atoms with van der Waals surface area (Å²) in [6.07, 6.45) is 0. The molecule has 0 saturated heterocycles. The third-order valence-corrected chi connectivity index (χ3v) is 2.36. The second kappa shape index (κ2) is 6.25. The third kappa shape index (κ3) is 4.44. The van der Waals surface area contributed by atoms with E-state index in [1.807, 2.05) is 39.0 Å². The van der Waals surface area contributed by atoms with E-state index in [0.717, 1.165) is 11.1 Å². The molecule has 1 aromatic rings. The highest BCUT2D eigenvalue weighted by Crippen LogP contribution is 2.16. The molecular formula is C13H19NO3.